The van der Waals surface area contributed by atoms with Gasteiger partial charge in [0.05, 0.1) is 11.1 Å². The minimum Gasteiger partial charge on any atom is -0.213 e. The minimum atomic E-state index is -0.423. The van der Waals surface area contributed by atoms with Crippen molar-refractivity contribution in [1.29, 1.82) is 0 Å². The Labute approximate surface area is 133 Å². The molecule has 3 nitrogen and oxygen atoms in total. The molecule has 0 aliphatic rings. The monoisotopic (exact) mass is 311 g/mol. The molecule has 0 saturated heterocycles. The van der Waals surface area contributed by atoms with Gasteiger partial charge in [-0.15, -0.1) is 0 Å². The molecule has 0 saturated carbocycles. The van der Waals surface area contributed by atoms with Crippen LogP contribution in [-0.4, -0.2) is 15.0 Å². The third kappa shape index (κ3) is 3.08. The summed E-state index contributed by atoms with van der Waals surface area (Å²) in [4.78, 5) is 12.9. The third-order valence-electron chi connectivity index (χ3n) is 3.40. The van der Waals surface area contributed by atoms with E-state index in [1.807, 2.05) is 13.8 Å². The topological polar surface area (TPSA) is 38.7 Å². The first-order chi connectivity index (χ1) is 11.1. The molecule has 0 N–H and O–H groups in total. The van der Waals surface area contributed by atoms with Crippen molar-refractivity contribution in [3.63, 3.8) is 0 Å². The smallest absolute Gasteiger partial charge is 0.166 e. The molecule has 3 aromatic rings. The lowest BCUT2D eigenvalue weighted by Gasteiger charge is -2.10. The second-order valence-electron chi connectivity index (χ2n) is 5.46. The second kappa shape index (κ2) is 6.20. The van der Waals surface area contributed by atoms with Crippen molar-refractivity contribution in [2.24, 2.45) is 0 Å². The molecular weight excluding hydrogens is 296 g/mol. The van der Waals surface area contributed by atoms with Gasteiger partial charge in [0.15, 0.2) is 11.6 Å². The number of hydrogen-bond donors (Lipinski definition) is 0. The molecule has 5 heteroatoms. The summed E-state index contributed by atoms with van der Waals surface area (Å²) in [5, 5.41) is 0. The average Bonchev–Trinajstić information content (AvgIpc) is 2.55. The van der Waals surface area contributed by atoms with Crippen molar-refractivity contribution in [3.05, 3.63) is 66.0 Å². The summed E-state index contributed by atoms with van der Waals surface area (Å²) >= 11 is 0. The normalized spacial score (nSPS) is 11.0. The summed E-state index contributed by atoms with van der Waals surface area (Å²) in [6, 6.07) is 12.5. The summed E-state index contributed by atoms with van der Waals surface area (Å²) in [7, 11) is 0. The summed E-state index contributed by atoms with van der Waals surface area (Å²) in [5.41, 5.74) is 0.545. The van der Waals surface area contributed by atoms with E-state index in [4.69, 9.17) is 0 Å². The van der Waals surface area contributed by atoms with Gasteiger partial charge >= 0.3 is 0 Å². The lowest BCUT2D eigenvalue weighted by molar-refractivity contribution is 0.627. The minimum absolute atomic E-state index is 0.00838. The quantitative estimate of drug-likeness (QED) is 0.709. The number of aromatic nitrogens is 3. The van der Waals surface area contributed by atoms with Crippen LogP contribution in [0.1, 0.15) is 25.6 Å². The number of hydrogen-bond acceptors (Lipinski definition) is 3. The van der Waals surface area contributed by atoms with Gasteiger partial charge in [0.2, 0.25) is 0 Å². The van der Waals surface area contributed by atoms with Crippen LogP contribution in [0.15, 0.2) is 48.5 Å². The zero-order valence-electron chi connectivity index (χ0n) is 12.8. The molecule has 0 fully saturated rings. The highest BCUT2D eigenvalue weighted by Gasteiger charge is 2.16. The first-order valence-corrected chi connectivity index (χ1v) is 7.32. The molecule has 1 aromatic heterocycles. The molecule has 0 radical (unpaired) electrons. The van der Waals surface area contributed by atoms with Crippen molar-refractivity contribution in [1.82, 2.24) is 15.0 Å². The molecule has 0 aliphatic carbocycles. The molecule has 0 spiro atoms. The fraction of sp³-hybridized carbons (Fsp3) is 0.167. The highest BCUT2D eigenvalue weighted by Crippen LogP contribution is 2.25. The van der Waals surface area contributed by atoms with Crippen LogP contribution in [0.2, 0.25) is 0 Å². The molecule has 2 aromatic carbocycles. The van der Waals surface area contributed by atoms with Crippen LogP contribution in [0, 0.1) is 11.6 Å². The van der Waals surface area contributed by atoms with Gasteiger partial charge in [-0.2, -0.15) is 0 Å². The van der Waals surface area contributed by atoms with Crippen LogP contribution in [0.25, 0.3) is 22.8 Å². The van der Waals surface area contributed by atoms with Gasteiger partial charge in [-0.05, 0) is 24.3 Å². The lowest BCUT2D eigenvalue weighted by atomic mass is 10.1. The van der Waals surface area contributed by atoms with E-state index in [2.05, 4.69) is 15.0 Å². The van der Waals surface area contributed by atoms with Crippen LogP contribution in [0.5, 0.6) is 0 Å². The zero-order valence-corrected chi connectivity index (χ0v) is 12.8. The van der Waals surface area contributed by atoms with E-state index in [1.54, 1.807) is 36.4 Å². The van der Waals surface area contributed by atoms with E-state index in [1.165, 1.54) is 12.1 Å². The Bertz CT molecular complexity index is 783. The summed E-state index contributed by atoms with van der Waals surface area (Å²) in [5.74, 6) is 0.0754. The van der Waals surface area contributed by atoms with E-state index in [9.17, 15) is 8.78 Å². The molecule has 3 rings (SSSR count). The third-order valence-corrected chi connectivity index (χ3v) is 3.40. The van der Waals surface area contributed by atoms with Crippen LogP contribution < -0.4 is 0 Å². The van der Waals surface area contributed by atoms with Gasteiger partial charge in [-0.3, -0.25) is 0 Å². The maximum Gasteiger partial charge on any atom is 0.166 e. The Kier molecular flexibility index (Phi) is 4.10. The maximum atomic E-state index is 14.0. The number of nitrogens with zero attached hydrogens (tertiary/aromatic N) is 3. The Balaban J connectivity index is 2.23. The Morgan fingerprint density at radius 2 is 1.13 bits per heavy atom. The largest absolute Gasteiger partial charge is 0.213 e. The van der Waals surface area contributed by atoms with Gasteiger partial charge in [-0.25, -0.2) is 23.7 Å². The number of halogens is 2. The van der Waals surface area contributed by atoms with Crippen LogP contribution in [0.4, 0.5) is 8.78 Å². The van der Waals surface area contributed by atoms with Gasteiger partial charge in [0, 0.05) is 5.92 Å². The van der Waals surface area contributed by atoms with Crippen molar-refractivity contribution in [2.75, 3.05) is 0 Å². The first-order valence-electron chi connectivity index (χ1n) is 7.32. The van der Waals surface area contributed by atoms with Gasteiger partial charge in [-0.1, -0.05) is 38.1 Å². The van der Waals surface area contributed by atoms with E-state index < -0.39 is 11.6 Å². The van der Waals surface area contributed by atoms with Crippen LogP contribution in [0.3, 0.4) is 0 Å². The van der Waals surface area contributed by atoms with E-state index >= 15 is 0 Å². The maximum absolute atomic E-state index is 14.0. The molecule has 23 heavy (non-hydrogen) atoms. The van der Waals surface area contributed by atoms with Gasteiger partial charge in [0.1, 0.15) is 17.5 Å². The first kappa shape index (κ1) is 15.2. The summed E-state index contributed by atoms with van der Waals surface area (Å²) in [6.45, 7) is 3.84. The average molecular weight is 311 g/mol. The number of benzene rings is 2. The molecule has 116 valence electrons. The fourth-order valence-corrected chi connectivity index (χ4v) is 2.18. The van der Waals surface area contributed by atoms with Crippen molar-refractivity contribution < 1.29 is 8.78 Å². The molecular formula is C18H15F2N3. The highest BCUT2D eigenvalue weighted by atomic mass is 19.1. The highest BCUT2D eigenvalue weighted by molar-refractivity contribution is 5.61. The molecule has 0 unspecified atom stereocenters. The van der Waals surface area contributed by atoms with E-state index in [-0.39, 0.29) is 28.7 Å². The molecule has 0 bridgehead atoms. The summed E-state index contributed by atoms with van der Waals surface area (Å²) < 4.78 is 28.1. The predicted molar refractivity (Wildman–Crippen MR) is 84.7 cm³/mol. The lowest BCUT2D eigenvalue weighted by Crippen LogP contribution is -2.05. The standard InChI is InChI=1S/C18H15F2N3/c1-11(2)16-21-17(12-7-3-5-9-14(12)19)23-18(22-16)13-8-4-6-10-15(13)20/h3-11H,1-2H3. The number of rotatable bonds is 3. The molecule has 0 amide bonds. The molecule has 1 heterocycles. The van der Waals surface area contributed by atoms with E-state index in [0.717, 1.165) is 0 Å². The predicted octanol–water partition coefficient (Wildman–Crippen LogP) is 4.61. The Morgan fingerprint density at radius 1 is 0.696 bits per heavy atom. The van der Waals surface area contributed by atoms with E-state index in [0.29, 0.717) is 5.82 Å². The van der Waals surface area contributed by atoms with Gasteiger partial charge in [0.25, 0.3) is 0 Å². The zero-order chi connectivity index (χ0) is 16.4. The van der Waals surface area contributed by atoms with Crippen molar-refractivity contribution >= 4 is 0 Å². The summed E-state index contributed by atoms with van der Waals surface area (Å²) in [6.07, 6.45) is 0. The Morgan fingerprint density at radius 3 is 1.52 bits per heavy atom. The molecule has 0 aliphatic heterocycles. The van der Waals surface area contributed by atoms with Gasteiger partial charge < -0.3 is 0 Å². The Hall–Kier alpha value is -2.69. The van der Waals surface area contributed by atoms with Crippen LogP contribution in [-0.2, 0) is 0 Å². The van der Waals surface area contributed by atoms with Crippen molar-refractivity contribution in [2.45, 2.75) is 19.8 Å². The van der Waals surface area contributed by atoms with Crippen LogP contribution >= 0.6 is 0 Å². The second-order valence-corrected chi connectivity index (χ2v) is 5.46. The fourth-order valence-electron chi connectivity index (χ4n) is 2.18. The van der Waals surface area contributed by atoms with Crippen molar-refractivity contribution in [3.8, 4) is 22.8 Å². The SMILES string of the molecule is CC(C)c1nc(-c2ccccc2F)nc(-c2ccccc2F)n1. The molecule has 0 atom stereocenters.